The lowest BCUT2D eigenvalue weighted by atomic mass is 9.86. The molecule has 1 aromatic carbocycles. The van der Waals surface area contributed by atoms with E-state index in [-0.39, 0.29) is 22.3 Å². The standard InChI is InChI=1S/C12H12ClFN2O4/c1-6(12(17)18)7-4-15(5-7)10-2-8(13)9(14)3-11(10)16(19)20/h2-3,6-7H,4-5H2,1H3,(H,17,18). The van der Waals surface area contributed by atoms with Gasteiger partial charge in [0.15, 0.2) is 0 Å². The molecule has 0 amide bonds. The van der Waals surface area contributed by atoms with Crippen LogP contribution < -0.4 is 4.90 Å². The van der Waals surface area contributed by atoms with Crippen molar-refractivity contribution in [2.75, 3.05) is 18.0 Å². The molecule has 0 aromatic heterocycles. The van der Waals surface area contributed by atoms with Gasteiger partial charge in [-0.05, 0) is 6.07 Å². The van der Waals surface area contributed by atoms with Gasteiger partial charge in [-0.1, -0.05) is 18.5 Å². The van der Waals surface area contributed by atoms with Crippen molar-refractivity contribution in [3.63, 3.8) is 0 Å². The third-order valence-electron chi connectivity index (χ3n) is 3.56. The van der Waals surface area contributed by atoms with Gasteiger partial charge in [-0.2, -0.15) is 0 Å². The van der Waals surface area contributed by atoms with Gasteiger partial charge >= 0.3 is 5.97 Å². The molecular formula is C12H12ClFN2O4. The van der Waals surface area contributed by atoms with Gasteiger partial charge < -0.3 is 10.0 Å². The van der Waals surface area contributed by atoms with Crippen LogP contribution in [0.1, 0.15) is 6.92 Å². The number of carboxylic acids is 1. The summed E-state index contributed by atoms with van der Waals surface area (Å²) in [7, 11) is 0. The summed E-state index contributed by atoms with van der Waals surface area (Å²) in [5, 5.41) is 19.6. The Balaban J connectivity index is 2.21. The number of rotatable bonds is 4. The van der Waals surface area contributed by atoms with E-state index in [9.17, 15) is 19.3 Å². The maximum Gasteiger partial charge on any atom is 0.306 e. The third kappa shape index (κ3) is 2.53. The first kappa shape index (κ1) is 14.5. The fourth-order valence-electron chi connectivity index (χ4n) is 2.15. The summed E-state index contributed by atoms with van der Waals surface area (Å²) in [6.45, 7) is 2.34. The Hall–Kier alpha value is -1.89. The second-order valence-corrected chi connectivity index (χ2v) is 5.21. The lowest BCUT2D eigenvalue weighted by molar-refractivity contribution is -0.384. The Kier molecular flexibility index (Phi) is 3.80. The highest BCUT2D eigenvalue weighted by molar-refractivity contribution is 6.31. The Bertz CT molecular complexity index is 575. The lowest BCUT2D eigenvalue weighted by Gasteiger charge is -2.42. The molecule has 8 heteroatoms. The molecule has 1 atom stereocenters. The van der Waals surface area contributed by atoms with Crippen LogP contribution in [-0.4, -0.2) is 29.1 Å². The van der Waals surface area contributed by atoms with Gasteiger partial charge in [-0.25, -0.2) is 4.39 Å². The third-order valence-corrected chi connectivity index (χ3v) is 3.85. The van der Waals surface area contributed by atoms with Crippen LogP contribution in [0.15, 0.2) is 12.1 Å². The minimum atomic E-state index is -0.902. The van der Waals surface area contributed by atoms with E-state index in [1.165, 1.54) is 6.07 Å². The van der Waals surface area contributed by atoms with Crippen LogP contribution in [0.3, 0.4) is 0 Å². The Labute approximate surface area is 118 Å². The highest BCUT2D eigenvalue weighted by Gasteiger charge is 2.37. The Morgan fingerprint density at radius 2 is 2.20 bits per heavy atom. The maximum absolute atomic E-state index is 13.3. The van der Waals surface area contributed by atoms with Gasteiger partial charge in [0.1, 0.15) is 11.5 Å². The van der Waals surface area contributed by atoms with Crippen LogP contribution in [0.2, 0.25) is 5.02 Å². The zero-order chi connectivity index (χ0) is 15.0. The van der Waals surface area contributed by atoms with E-state index in [0.717, 1.165) is 6.07 Å². The molecule has 0 aliphatic carbocycles. The number of anilines is 1. The molecular weight excluding hydrogens is 291 g/mol. The summed E-state index contributed by atoms with van der Waals surface area (Å²) >= 11 is 5.65. The van der Waals surface area contributed by atoms with Crippen molar-refractivity contribution in [2.24, 2.45) is 11.8 Å². The first-order valence-electron chi connectivity index (χ1n) is 5.92. The first-order valence-corrected chi connectivity index (χ1v) is 6.30. The van der Waals surface area contributed by atoms with Gasteiger partial charge in [0.2, 0.25) is 0 Å². The molecule has 0 spiro atoms. The first-order chi connectivity index (χ1) is 9.31. The molecule has 1 aromatic rings. The smallest absolute Gasteiger partial charge is 0.306 e. The summed E-state index contributed by atoms with van der Waals surface area (Å²) in [5.41, 5.74) is -0.149. The zero-order valence-corrected chi connectivity index (χ0v) is 11.3. The topological polar surface area (TPSA) is 83.7 Å². The number of hydrogen-bond acceptors (Lipinski definition) is 4. The molecule has 6 nitrogen and oxygen atoms in total. The highest BCUT2D eigenvalue weighted by atomic mass is 35.5. The van der Waals surface area contributed by atoms with E-state index in [4.69, 9.17) is 16.7 Å². The van der Waals surface area contributed by atoms with Gasteiger partial charge in [0, 0.05) is 19.0 Å². The molecule has 1 aliphatic rings. The number of benzene rings is 1. The second kappa shape index (κ2) is 5.24. The van der Waals surface area contributed by atoms with Crippen LogP contribution in [0.4, 0.5) is 15.8 Å². The minimum Gasteiger partial charge on any atom is -0.481 e. The Morgan fingerprint density at radius 1 is 1.60 bits per heavy atom. The van der Waals surface area contributed by atoms with Crippen molar-refractivity contribution in [3.8, 4) is 0 Å². The largest absolute Gasteiger partial charge is 0.481 e. The van der Waals surface area contributed by atoms with E-state index in [2.05, 4.69) is 0 Å². The summed E-state index contributed by atoms with van der Waals surface area (Å²) in [5.74, 6) is -2.36. The fraction of sp³-hybridized carbons (Fsp3) is 0.417. The SMILES string of the molecule is CC(C(=O)O)C1CN(c2cc(Cl)c(F)cc2[N+](=O)[O-])C1. The monoisotopic (exact) mass is 302 g/mol. The minimum absolute atomic E-state index is 0.0871. The van der Waals surface area contributed by atoms with Crippen molar-refractivity contribution in [3.05, 3.63) is 33.1 Å². The molecule has 0 saturated carbocycles. The van der Waals surface area contributed by atoms with Crippen molar-refractivity contribution in [1.29, 1.82) is 0 Å². The molecule has 1 saturated heterocycles. The molecule has 0 bridgehead atoms. The quantitative estimate of drug-likeness (QED) is 0.682. The molecule has 1 N–H and O–H groups in total. The van der Waals surface area contributed by atoms with Crippen molar-refractivity contribution in [1.82, 2.24) is 0 Å². The summed E-state index contributed by atoms with van der Waals surface area (Å²) < 4.78 is 13.3. The van der Waals surface area contributed by atoms with Gasteiger partial charge in [-0.15, -0.1) is 0 Å². The molecule has 1 aliphatic heterocycles. The predicted molar refractivity (Wildman–Crippen MR) is 70.6 cm³/mol. The fourth-order valence-corrected chi connectivity index (χ4v) is 2.31. The van der Waals surface area contributed by atoms with Crippen LogP contribution in [-0.2, 0) is 4.79 Å². The predicted octanol–water partition coefficient (Wildman–Crippen LogP) is 2.54. The molecule has 108 valence electrons. The maximum atomic E-state index is 13.3. The number of nitrogens with zero attached hydrogens (tertiary/aromatic N) is 2. The number of hydrogen-bond donors (Lipinski definition) is 1. The number of aliphatic carboxylic acids is 1. The summed E-state index contributed by atoms with van der Waals surface area (Å²) in [6.07, 6.45) is 0. The average Bonchev–Trinajstić information content (AvgIpc) is 2.30. The lowest BCUT2D eigenvalue weighted by Crippen LogP contribution is -2.51. The summed E-state index contributed by atoms with van der Waals surface area (Å²) in [4.78, 5) is 22.7. The number of carboxylic acid groups (broad SMARTS) is 1. The number of halogens is 2. The molecule has 0 radical (unpaired) electrons. The van der Waals surface area contributed by atoms with E-state index >= 15 is 0 Å². The van der Waals surface area contributed by atoms with Crippen LogP contribution >= 0.6 is 11.6 Å². The van der Waals surface area contributed by atoms with Crippen LogP contribution in [0, 0.1) is 27.8 Å². The summed E-state index contributed by atoms with van der Waals surface area (Å²) in [6, 6.07) is 1.99. The normalized spacial score (nSPS) is 16.6. The molecule has 20 heavy (non-hydrogen) atoms. The molecule has 1 fully saturated rings. The molecule has 1 unspecified atom stereocenters. The van der Waals surface area contributed by atoms with E-state index in [0.29, 0.717) is 13.1 Å². The number of carbonyl (C=O) groups is 1. The van der Waals surface area contributed by atoms with Crippen molar-refractivity contribution in [2.45, 2.75) is 6.92 Å². The van der Waals surface area contributed by atoms with E-state index < -0.39 is 22.6 Å². The van der Waals surface area contributed by atoms with Gasteiger partial charge in [0.05, 0.1) is 21.9 Å². The molecule has 2 rings (SSSR count). The zero-order valence-electron chi connectivity index (χ0n) is 10.5. The van der Waals surface area contributed by atoms with Gasteiger partial charge in [-0.3, -0.25) is 14.9 Å². The van der Waals surface area contributed by atoms with E-state index in [1.54, 1.807) is 11.8 Å². The number of nitro benzene ring substituents is 1. The average molecular weight is 303 g/mol. The highest BCUT2D eigenvalue weighted by Crippen LogP contribution is 2.38. The number of nitro groups is 1. The van der Waals surface area contributed by atoms with Crippen molar-refractivity contribution < 1.29 is 19.2 Å². The molecule has 1 heterocycles. The van der Waals surface area contributed by atoms with Crippen LogP contribution in [0.25, 0.3) is 0 Å². The van der Waals surface area contributed by atoms with Crippen LogP contribution in [0.5, 0.6) is 0 Å². The van der Waals surface area contributed by atoms with Crippen molar-refractivity contribution >= 4 is 28.9 Å². The van der Waals surface area contributed by atoms with Gasteiger partial charge in [0.25, 0.3) is 5.69 Å². The second-order valence-electron chi connectivity index (χ2n) is 4.80. The Morgan fingerprint density at radius 3 is 2.70 bits per heavy atom. The van der Waals surface area contributed by atoms with E-state index in [1.807, 2.05) is 0 Å².